The molecule has 0 bridgehead atoms. The summed E-state index contributed by atoms with van der Waals surface area (Å²) in [6.07, 6.45) is 10.5. The van der Waals surface area contributed by atoms with Gasteiger partial charge in [0, 0.05) is 10.7 Å². The third-order valence-corrected chi connectivity index (χ3v) is 6.28. The van der Waals surface area contributed by atoms with Crippen LogP contribution in [0.2, 0.25) is 5.02 Å². The summed E-state index contributed by atoms with van der Waals surface area (Å²) in [6.45, 7) is 6.66. The number of hydrogen-bond donors (Lipinski definition) is 1. The van der Waals surface area contributed by atoms with Gasteiger partial charge >= 0.3 is 0 Å². The van der Waals surface area contributed by atoms with Crippen molar-refractivity contribution in [2.24, 2.45) is 11.3 Å². The smallest absolute Gasteiger partial charge is 0.0409 e. The summed E-state index contributed by atoms with van der Waals surface area (Å²) >= 11 is 6.17. The molecule has 0 heterocycles. The van der Waals surface area contributed by atoms with Crippen LogP contribution in [0, 0.1) is 16.7 Å². The highest BCUT2D eigenvalue weighted by Crippen LogP contribution is 2.55. The molecule has 0 unspecified atom stereocenters. The molecule has 0 amide bonds. The lowest BCUT2D eigenvalue weighted by Crippen LogP contribution is -2.30. The number of benzene rings is 1. The molecule has 1 spiro atoms. The maximum absolute atomic E-state index is 8.39. The molecule has 3 rings (SSSR count). The van der Waals surface area contributed by atoms with Crippen LogP contribution < -0.4 is 0 Å². The lowest BCUT2D eigenvalue weighted by Gasteiger charge is -2.38. The molecule has 1 saturated carbocycles. The van der Waals surface area contributed by atoms with Crippen LogP contribution in [0.4, 0.5) is 0 Å². The zero-order valence-electron chi connectivity index (χ0n) is 14.7. The maximum Gasteiger partial charge on any atom is 0.0409 e. The van der Waals surface area contributed by atoms with Gasteiger partial charge < -0.3 is 5.41 Å². The normalized spacial score (nSPS) is 25.4. The van der Waals surface area contributed by atoms with E-state index >= 15 is 0 Å². The van der Waals surface area contributed by atoms with Gasteiger partial charge in [-0.2, -0.15) is 0 Å². The second-order valence-corrected chi connectivity index (χ2v) is 7.93. The predicted octanol–water partition coefficient (Wildman–Crippen LogP) is 7.11. The molecule has 24 heavy (non-hydrogen) atoms. The third kappa shape index (κ3) is 3.73. The van der Waals surface area contributed by atoms with Gasteiger partial charge in [0.15, 0.2) is 0 Å². The molecule has 2 aliphatic rings. The van der Waals surface area contributed by atoms with Crippen LogP contribution in [0.5, 0.6) is 0 Å². The van der Waals surface area contributed by atoms with E-state index in [-0.39, 0.29) is 17.8 Å². The van der Waals surface area contributed by atoms with Crippen molar-refractivity contribution in [1.82, 2.24) is 0 Å². The van der Waals surface area contributed by atoms with E-state index in [1.807, 2.05) is 6.07 Å². The largest absolute Gasteiger partial charge is 0.309 e. The van der Waals surface area contributed by atoms with Crippen molar-refractivity contribution in [3.05, 3.63) is 40.9 Å². The summed E-state index contributed by atoms with van der Waals surface area (Å²) in [5.41, 5.74) is 5.26. The van der Waals surface area contributed by atoms with E-state index in [4.69, 9.17) is 17.0 Å². The molecule has 1 aromatic rings. The van der Waals surface area contributed by atoms with Crippen LogP contribution in [0.15, 0.2) is 24.8 Å². The van der Waals surface area contributed by atoms with Crippen LogP contribution >= 0.6 is 24.0 Å². The fraction of sp³-hybridized carbons (Fsp3) is 0.571. The average molecular weight is 366 g/mol. The zero-order valence-corrected chi connectivity index (χ0v) is 16.2. The first-order valence-corrected chi connectivity index (χ1v) is 9.49. The van der Waals surface area contributed by atoms with Gasteiger partial charge in [0.05, 0.1) is 0 Å². The number of halogens is 2. The van der Waals surface area contributed by atoms with Gasteiger partial charge in [0.1, 0.15) is 0 Å². The Kier molecular flexibility index (Phi) is 6.56. The van der Waals surface area contributed by atoms with Gasteiger partial charge in [-0.1, -0.05) is 44.0 Å². The summed E-state index contributed by atoms with van der Waals surface area (Å²) in [5.74, 6) is 0.512. The molecule has 2 aliphatic carbocycles. The minimum Gasteiger partial charge on any atom is -0.309 e. The van der Waals surface area contributed by atoms with Gasteiger partial charge in [-0.3, -0.25) is 0 Å². The molecule has 1 aromatic carbocycles. The van der Waals surface area contributed by atoms with Crippen molar-refractivity contribution >= 4 is 35.3 Å². The Morgan fingerprint density at radius 1 is 1.29 bits per heavy atom. The summed E-state index contributed by atoms with van der Waals surface area (Å²) in [4.78, 5) is 0. The first-order valence-electron chi connectivity index (χ1n) is 9.11. The van der Waals surface area contributed by atoms with Crippen molar-refractivity contribution in [3.63, 3.8) is 0 Å². The first kappa shape index (κ1) is 19.5. The van der Waals surface area contributed by atoms with Crippen molar-refractivity contribution in [2.75, 3.05) is 0 Å². The number of nitrogens with one attached hydrogen (secondary N) is 1. The Labute approximate surface area is 157 Å². The van der Waals surface area contributed by atoms with Crippen molar-refractivity contribution in [1.29, 1.82) is 5.41 Å². The topological polar surface area (TPSA) is 23.9 Å². The van der Waals surface area contributed by atoms with Gasteiger partial charge in [0.2, 0.25) is 0 Å². The lowest BCUT2D eigenvalue weighted by molar-refractivity contribution is 0.250. The molecule has 0 atom stereocenters. The first-order chi connectivity index (χ1) is 11.1. The molecule has 132 valence electrons. The molecule has 3 heteroatoms. The third-order valence-electron chi connectivity index (χ3n) is 6.05. The summed E-state index contributed by atoms with van der Waals surface area (Å²) in [5, 5.41) is 9.22. The molecule has 0 aromatic heterocycles. The monoisotopic (exact) mass is 365 g/mol. The fourth-order valence-electron chi connectivity index (χ4n) is 4.53. The van der Waals surface area contributed by atoms with Crippen molar-refractivity contribution in [2.45, 2.75) is 64.7 Å². The molecule has 0 aliphatic heterocycles. The highest BCUT2D eigenvalue weighted by atomic mass is 35.5. The number of hydrogen-bond acceptors (Lipinski definition) is 1. The Morgan fingerprint density at radius 3 is 2.67 bits per heavy atom. The van der Waals surface area contributed by atoms with E-state index in [1.165, 1.54) is 48.8 Å². The van der Waals surface area contributed by atoms with Crippen LogP contribution in [0.3, 0.4) is 0 Å². The van der Waals surface area contributed by atoms with E-state index in [0.29, 0.717) is 5.92 Å². The second kappa shape index (κ2) is 8.06. The lowest BCUT2D eigenvalue weighted by atomic mass is 9.66. The Hall–Kier alpha value is -0.790. The van der Waals surface area contributed by atoms with E-state index in [1.54, 1.807) is 0 Å². The number of allylic oxidation sites excluding steroid dienone is 1. The minimum atomic E-state index is 0. The number of rotatable bonds is 5. The van der Waals surface area contributed by atoms with Gasteiger partial charge in [0.25, 0.3) is 0 Å². The van der Waals surface area contributed by atoms with Crippen LogP contribution in [0.25, 0.3) is 5.57 Å². The predicted molar refractivity (Wildman–Crippen MR) is 108 cm³/mol. The Bertz CT molecular complexity index is 612. The number of unbranched alkanes of at least 4 members (excludes halogenated alkanes) is 2. The quantitative estimate of drug-likeness (QED) is 0.424. The highest BCUT2D eigenvalue weighted by Gasteiger charge is 2.43. The van der Waals surface area contributed by atoms with Crippen molar-refractivity contribution in [3.8, 4) is 0 Å². The Morgan fingerprint density at radius 2 is 2.00 bits per heavy atom. The average Bonchev–Trinajstić information content (AvgIpc) is 2.80. The molecule has 0 radical (unpaired) electrons. The summed E-state index contributed by atoms with van der Waals surface area (Å²) < 4.78 is 0. The highest BCUT2D eigenvalue weighted by molar-refractivity contribution is 6.30. The van der Waals surface area contributed by atoms with E-state index < -0.39 is 0 Å². The standard InChI is InChI=1S/C21H28ClN.ClH/c1-3-4-5-6-20(23)16-9-11-21(12-10-16)14-17-13-18(22)7-8-19(17)15(21)2;/h7-8,13,16,23H,2-6,9-12,14H2,1H3;1H. The van der Waals surface area contributed by atoms with Gasteiger partial charge in [-0.05, 0) is 85.1 Å². The van der Waals surface area contributed by atoms with Crippen LogP contribution in [0.1, 0.15) is 69.4 Å². The van der Waals surface area contributed by atoms with Crippen LogP contribution in [-0.2, 0) is 6.42 Å². The van der Waals surface area contributed by atoms with Gasteiger partial charge in [-0.25, -0.2) is 0 Å². The van der Waals surface area contributed by atoms with Gasteiger partial charge in [-0.15, -0.1) is 12.4 Å². The van der Waals surface area contributed by atoms with Crippen LogP contribution in [-0.4, -0.2) is 5.71 Å². The van der Waals surface area contributed by atoms with E-state index in [9.17, 15) is 0 Å². The minimum absolute atomic E-state index is 0. The molecule has 1 nitrogen and oxygen atoms in total. The molecular formula is C21H29Cl2N. The second-order valence-electron chi connectivity index (χ2n) is 7.49. The number of fused-ring (bicyclic) bond motifs is 1. The van der Waals surface area contributed by atoms with Crippen molar-refractivity contribution < 1.29 is 0 Å². The fourth-order valence-corrected chi connectivity index (χ4v) is 4.72. The maximum atomic E-state index is 8.39. The molecule has 0 saturated heterocycles. The zero-order chi connectivity index (χ0) is 16.4. The Balaban J connectivity index is 0.00000208. The molecule has 1 fully saturated rings. The molecular weight excluding hydrogens is 337 g/mol. The molecule has 1 N–H and O–H groups in total. The SMILES string of the molecule is C=C1c2ccc(Cl)cc2CC12CCC(C(=N)CCCCC)CC2.Cl. The summed E-state index contributed by atoms with van der Waals surface area (Å²) in [6, 6.07) is 6.25. The van der Waals surface area contributed by atoms with E-state index in [0.717, 1.165) is 36.4 Å². The van der Waals surface area contributed by atoms with E-state index in [2.05, 4.69) is 25.6 Å². The summed E-state index contributed by atoms with van der Waals surface area (Å²) in [7, 11) is 0.